The Morgan fingerprint density at radius 1 is 1.17 bits per heavy atom. The van der Waals surface area contributed by atoms with Gasteiger partial charge in [0.25, 0.3) is 11.8 Å². The smallest absolute Gasteiger partial charge is 0.263 e. The molecule has 0 bridgehead atoms. The van der Waals surface area contributed by atoms with Gasteiger partial charge in [0, 0.05) is 18.3 Å². The molecule has 24 heavy (non-hydrogen) atoms. The van der Waals surface area contributed by atoms with Gasteiger partial charge in [0.15, 0.2) is 5.11 Å². The molecule has 1 fully saturated rings. The molecule has 2 heterocycles. The predicted molar refractivity (Wildman–Crippen MR) is 99.4 cm³/mol. The van der Waals surface area contributed by atoms with Gasteiger partial charge in [0.05, 0.1) is 5.54 Å². The van der Waals surface area contributed by atoms with Crippen molar-refractivity contribution in [2.45, 2.75) is 26.3 Å². The number of fused-ring (bicyclic) bond motifs is 1. The van der Waals surface area contributed by atoms with Crippen LogP contribution < -0.4 is 15.5 Å². The Balaban J connectivity index is 2.03. The molecule has 0 radical (unpaired) electrons. The van der Waals surface area contributed by atoms with Gasteiger partial charge in [-0.3, -0.25) is 20.2 Å². The van der Waals surface area contributed by atoms with Gasteiger partial charge in [0.2, 0.25) is 0 Å². The maximum absolute atomic E-state index is 12.0. The molecule has 0 atom stereocenters. The lowest BCUT2D eigenvalue weighted by Gasteiger charge is -2.40. The fourth-order valence-electron chi connectivity index (χ4n) is 3.04. The number of benzene rings is 1. The molecule has 0 saturated carbocycles. The van der Waals surface area contributed by atoms with Gasteiger partial charge in [-0.2, -0.15) is 0 Å². The maximum atomic E-state index is 12.0. The summed E-state index contributed by atoms with van der Waals surface area (Å²) >= 11 is 4.80. The largest absolute Gasteiger partial charge is 0.366 e. The molecule has 0 aliphatic carbocycles. The van der Waals surface area contributed by atoms with Gasteiger partial charge in [-0.1, -0.05) is 12.1 Å². The Labute approximate surface area is 146 Å². The summed E-state index contributed by atoms with van der Waals surface area (Å²) in [6.07, 6.45) is 3.80. The molecule has 2 amide bonds. The number of amides is 2. The minimum Gasteiger partial charge on any atom is -0.366 e. The van der Waals surface area contributed by atoms with Crippen LogP contribution in [0.5, 0.6) is 0 Å². The fraction of sp³-hybridized carbons (Fsp3) is 0.278. The Bertz CT molecular complexity index is 815. The van der Waals surface area contributed by atoms with E-state index in [1.807, 2.05) is 18.2 Å². The van der Waals surface area contributed by atoms with Crippen LogP contribution in [0.15, 0.2) is 29.8 Å². The van der Waals surface area contributed by atoms with E-state index in [0.29, 0.717) is 0 Å². The van der Waals surface area contributed by atoms with E-state index in [2.05, 4.69) is 49.4 Å². The van der Waals surface area contributed by atoms with E-state index in [4.69, 9.17) is 12.2 Å². The summed E-state index contributed by atoms with van der Waals surface area (Å²) in [5.41, 5.74) is 4.18. The molecule has 1 aromatic rings. The first-order valence-corrected chi connectivity index (χ1v) is 8.06. The fourth-order valence-corrected chi connectivity index (χ4v) is 3.23. The minimum absolute atomic E-state index is 0.0372. The van der Waals surface area contributed by atoms with Gasteiger partial charge in [-0.25, -0.2) is 0 Å². The summed E-state index contributed by atoms with van der Waals surface area (Å²) < 4.78 is 0. The lowest BCUT2D eigenvalue weighted by molar-refractivity contribution is -0.123. The highest BCUT2D eigenvalue weighted by atomic mass is 32.1. The number of likely N-dealkylation sites (N-methyl/N-ethyl adjacent to an activating group) is 1. The van der Waals surface area contributed by atoms with Crippen molar-refractivity contribution in [2.75, 3.05) is 11.9 Å². The Morgan fingerprint density at radius 2 is 1.79 bits per heavy atom. The third kappa shape index (κ3) is 2.73. The van der Waals surface area contributed by atoms with Crippen molar-refractivity contribution < 1.29 is 9.59 Å². The van der Waals surface area contributed by atoms with Crippen LogP contribution in [0.25, 0.3) is 11.6 Å². The lowest BCUT2D eigenvalue weighted by atomic mass is 9.88. The molecular formula is C18H19N3O2S. The summed E-state index contributed by atoms with van der Waals surface area (Å²) in [4.78, 5) is 26.1. The number of carbonyl (C=O) groups is 2. The van der Waals surface area contributed by atoms with Crippen molar-refractivity contribution in [3.8, 4) is 0 Å². The SMILES string of the molecule is CC1=CC(C)(C)N(C)c2ccc(C=C3C(=O)NC(=S)NC3=O)cc21. The molecular weight excluding hydrogens is 322 g/mol. The Kier molecular flexibility index (Phi) is 3.80. The summed E-state index contributed by atoms with van der Waals surface area (Å²) in [6, 6.07) is 5.92. The highest BCUT2D eigenvalue weighted by Gasteiger charge is 2.29. The monoisotopic (exact) mass is 341 g/mol. The normalized spacial score (nSPS) is 19.3. The van der Waals surface area contributed by atoms with Crippen molar-refractivity contribution >= 4 is 46.5 Å². The lowest BCUT2D eigenvalue weighted by Crippen LogP contribution is -2.51. The van der Waals surface area contributed by atoms with Crippen molar-refractivity contribution in [2.24, 2.45) is 0 Å². The van der Waals surface area contributed by atoms with Gasteiger partial charge >= 0.3 is 0 Å². The van der Waals surface area contributed by atoms with E-state index in [-0.39, 0.29) is 16.2 Å². The molecule has 0 spiro atoms. The summed E-state index contributed by atoms with van der Waals surface area (Å²) in [5.74, 6) is -0.959. The van der Waals surface area contributed by atoms with Crippen LogP contribution in [-0.2, 0) is 9.59 Å². The van der Waals surface area contributed by atoms with E-state index >= 15 is 0 Å². The number of carbonyl (C=O) groups excluding carboxylic acids is 2. The number of thiocarbonyl (C=S) groups is 1. The van der Waals surface area contributed by atoms with Crippen LogP contribution >= 0.6 is 12.2 Å². The molecule has 2 N–H and O–H groups in total. The van der Waals surface area contributed by atoms with Crippen LogP contribution in [0, 0.1) is 0 Å². The highest BCUT2D eigenvalue weighted by Crippen LogP contribution is 2.38. The second-order valence-electron chi connectivity index (χ2n) is 6.61. The van der Waals surface area contributed by atoms with Crippen LogP contribution in [0.1, 0.15) is 31.9 Å². The van der Waals surface area contributed by atoms with Crippen LogP contribution in [0.3, 0.4) is 0 Å². The molecule has 2 aliphatic heterocycles. The third-order valence-electron chi connectivity index (χ3n) is 4.50. The van der Waals surface area contributed by atoms with Crippen molar-refractivity contribution in [3.63, 3.8) is 0 Å². The first-order valence-electron chi connectivity index (χ1n) is 7.65. The standard InChI is InChI=1S/C18H19N3O2S/c1-10-9-18(2,3)21(4)14-6-5-11(7-12(10)14)8-13-15(22)19-17(24)20-16(13)23/h5-9H,1-4H3,(H2,19,20,22,23,24). The first kappa shape index (κ1) is 16.4. The zero-order valence-electron chi connectivity index (χ0n) is 14.1. The van der Waals surface area contributed by atoms with E-state index in [0.717, 1.165) is 16.8 Å². The number of hydrogen-bond acceptors (Lipinski definition) is 4. The van der Waals surface area contributed by atoms with Crippen molar-refractivity contribution in [1.82, 2.24) is 10.6 Å². The number of anilines is 1. The number of allylic oxidation sites excluding steroid dienone is 1. The van der Waals surface area contributed by atoms with E-state index in [9.17, 15) is 9.59 Å². The van der Waals surface area contributed by atoms with Crippen molar-refractivity contribution in [3.05, 3.63) is 41.0 Å². The van der Waals surface area contributed by atoms with E-state index in [1.54, 1.807) is 6.08 Å². The summed E-state index contributed by atoms with van der Waals surface area (Å²) in [7, 11) is 2.06. The van der Waals surface area contributed by atoms with E-state index < -0.39 is 11.8 Å². The topological polar surface area (TPSA) is 61.4 Å². The Hall–Kier alpha value is -2.47. The maximum Gasteiger partial charge on any atom is 0.263 e. The Morgan fingerprint density at radius 3 is 2.42 bits per heavy atom. The highest BCUT2D eigenvalue weighted by molar-refractivity contribution is 7.80. The number of hydrogen-bond donors (Lipinski definition) is 2. The van der Waals surface area contributed by atoms with Crippen molar-refractivity contribution in [1.29, 1.82) is 0 Å². The minimum atomic E-state index is -0.480. The quantitative estimate of drug-likeness (QED) is 0.467. The zero-order chi connectivity index (χ0) is 17.6. The molecule has 1 saturated heterocycles. The zero-order valence-corrected chi connectivity index (χ0v) is 14.9. The molecule has 124 valence electrons. The molecule has 5 nitrogen and oxygen atoms in total. The number of nitrogens with one attached hydrogen (secondary N) is 2. The third-order valence-corrected chi connectivity index (χ3v) is 4.70. The average Bonchev–Trinajstić information content (AvgIpc) is 2.48. The second-order valence-corrected chi connectivity index (χ2v) is 7.02. The second kappa shape index (κ2) is 5.56. The number of nitrogens with zero attached hydrogens (tertiary/aromatic N) is 1. The van der Waals surface area contributed by atoms with Crippen LogP contribution in [-0.4, -0.2) is 29.5 Å². The summed E-state index contributed by atoms with van der Waals surface area (Å²) in [6.45, 7) is 6.40. The molecule has 1 aromatic carbocycles. The number of rotatable bonds is 1. The molecule has 0 aromatic heterocycles. The van der Waals surface area contributed by atoms with Gasteiger partial charge in [-0.05, 0) is 62.3 Å². The average molecular weight is 341 g/mol. The predicted octanol–water partition coefficient (Wildman–Crippen LogP) is 2.23. The van der Waals surface area contributed by atoms with Crippen LogP contribution in [0.4, 0.5) is 5.69 Å². The van der Waals surface area contributed by atoms with Gasteiger partial charge < -0.3 is 4.90 Å². The molecule has 6 heteroatoms. The first-order chi connectivity index (χ1) is 11.2. The van der Waals surface area contributed by atoms with E-state index in [1.165, 1.54) is 5.57 Å². The summed E-state index contributed by atoms with van der Waals surface area (Å²) in [5, 5.41) is 4.92. The van der Waals surface area contributed by atoms with Gasteiger partial charge in [0.1, 0.15) is 5.57 Å². The van der Waals surface area contributed by atoms with Gasteiger partial charge in [-0.15, -0.1) is 0 Å². The van der Waals surface area contributed by atoms with Crippen LogP contribution in [0.2, 0.25) is 0 Å². The molecule has 0 unspecified atom stereocenters. The molecule has 3 rings (SSSR count). The molecule has 2 aliphatic rings.